The van der Waals surface area contributed by atoms with E-state index in [0.717, 1.165) is 5.76 Å². The van der Waals surface area contributed by atoms with Crippen LogP contribution in [0.4, 0.5) is 0 Å². The molecule has 8 nitrogen and oxygen atoms in total. The number of rotatable bonds is 6. The predicted octanol–water partition coefficient (Wildman–Crippen LogP) is 1.64. The summed E-state index contributed by atoms with van der Waals surface area (Å²) in [5.74, 6) is 1.70. The normalized spacial score (nSPS) is 17.4. The number of furan rings is 1. The molecule has 0 N–H and O–H groups in total. The fourth-order valence-corrected chi connectivity index (χ4v) is 3.16. The summed E-state index contributed by atoms with van der Waals surface area (Å²) in [6, 6.07) is 3.69. The van der Waals surface area contributed by atoms with Crippen molar-refractivity contribution in [1.82, 2.24) is 20.2 Å². The molecule has 0 unspecified atom stereocenters. The van der Waals surface area contributed by atoms with Gasteiger partial charge in [0.2, 0.25) is 5.16 Å². The molecular formula is C14H16N4O4S. The average molecular weight is 336 g/mol. The molecule has 0 spiro atoms. The molecule has 9 heteroatoms. The van der Waals surface area contributed by atoms with Gasteiger partial charge in [0, 0.05) is 12.2 Å². The first-order chi connectivity index (χ1) is 11.2. The van der Waals surface area contributed by atoms with Gasteiger partial charge in [-0.05, 0) is 29.5 Å². The Kier molecular flexibility index (Phi) is 4.65. The fourth-order valence-electron chi connectivity index (χ4n) is 2.29. The highest BCUT2D eigenvalue weighted by molar-refractivity contribution is 7.99. The number of methoxy groups -OCH3 is 1. The first-order valence-electron chi connectivity index (χ1n) is 7.03. The topological polar surface area (TPSA) is 92.3 Å². The van der Waals surface area contributed by atoms with Gasteiger partial charge < -0.3 is 13.9 Å². The molecule has 0 fully saturated rings. The van der Waals surface area contributed by atoms with Crippen LogP contribution < -0.4 is 0 Å². The molecule has 3 rings (SSSR count). The van der Waals surface area contributed by atoms with Crippen LogP contribution in [0.5, 0.6) is 0 Å². The van der Waals surface area contributed by atoms with Gasteiger partial charge in [-0.25, -0.2) is 9.48 Å². The summed E-state index contributed by atoms with van der Waals surface area (Å²) >= 11 is 1.48. The molecule has 1 atom stereocenters. The van der Waals surface area contributed by atoms with Crippen molar-refractivity contribution in [1.29, 1.82) is 0 Å². The number of carbonyl (C=O) groups is 1. The van der Waals surface area contributed by atoms with Gasteiger partial charge in [0.05, 0.1) is 18.9 Å². The summed E-state index contributed by atoms with van der Waals surface area (Å²) in [7, 11) is 1.37. The summed E-state index contributed by atoms with van der Waals surface area (Å²) < 4.78 is 17.4. The average Bonchev–Trinajstić information content (AvgIpc) is 3.27. The number of tetrazole rings is 1. The van der Waals surface area contributed by atoms with Crippen molar-refractivity contribution in [2.24, 2.45) is 0 Å². The van der Waals surface area contributed by atoms with E-state index in [1.54, 1.807) is 17.9 Å². The maximum absolute atomic E-state index is 11.6. The zero-order valence-electron chi connectivity index (χ0n) is 12.8. The van der Waals surface area contributed by atoms with E-state index in [-0.39, 0.29) is 12.1 Å². The van der Waals surface area contributed by atoms with Gasteiger partial charge in [-0.2, -0.15) is 0 Å². The lowest BCUT2D eigenvalue weighted by atomic mass is 10.1. The van der Waals surface area contributed by atoms with Gasteiger partial charge in [0.25, 0.3) is 0 Å². The summed E-state index contributed by atoms with van der Waals surface area (Å²) in [5.41, 5.74) is 0.591. The smallest absolute Gasteiger partial charge is 0.337 e. The van der Waals surface area contributed by atoms with Crippen LogP contribution in [0, 0.1) is 0 Å². The number of thioether (sulfide) groups is 1. The highest BCUT2D eigenvalue weighted by Gasteiger charge is 2.29. The standard InChI is InChI=1S/C14H16N4O4S/c1-9-12(13(19)20-2)6-11(22-9)8-23-14-15-16-17-18(14)7-10-4-3-5-21-10/h3-5,11H,6-8H2,1-2H3/t11-/m1/s1. The van der Waals surface area contributed by atoms with E-state index in [4.69, 9.17) is 13.9 Å². The molecule has 0 aliphatic carbocycles. The van der Waals surface area contributed by atoms with E-state index in [1.165, 1.54) is 18.9 Å². The number of nitrogens with zero attached hydrogens (tertiary/aromatic N) is 4. The second-order valence-electron chi connectivity index (χ2n) is 4.98. The molecule has 2 aromatic heterocycles. The van der Waals surface area contributed by atoms with Crippen LogP contribution in [0.25, 0.3) is 0 Å². The second-order valence-corrected chi connectivity index (χ2v) is 5.97. The van der Waals surface area contributed by atoms with Crippen molar-refractivity contribution in [2.75, 3.05) is 12.9 Å². The molecular weight excluding hydrogens is 320 g/mol. The zero-order valence-corrected chi connectivity index (χ0v) is 13.6. The van der Waals surface area contributed by atoms with Crippen LogP contribution in [0.1, 0.15) is 19.1 Å². The lowest BCUT2D eigenvalue weighted by Crippen LogP contribution is -2.12. The van der Waals surface area contributed by atoms with Crippen molar-refractivity contribution in [3.05, 3.63) is 35.5 Å². The molecule has 0 saturated heterocycles. The van der Waals surface area contributed by atoms with E-state index in [1.807, 2.05) is 12.1 Å². The molecule has 0 radical (unpaired) electrons. The third-order valence-corrected chi connectivity index (χ3v) is 4.50. The Morgan fingerprint density at radius 3 is 3.17 bits per heavy atom. The van der Waals surface area contributed by atoms with E-state index in [0.29, 0.717) is 35.2 Å². The Bertz CT molecular complexity index is 710. The number of allylic oxidation sites excluding steroid dienone is 1. The molecule has 3 heterocycles. The van der Waals surface area contributed by atoms with Gasteiger partial charge in [0.1, 0.15) is 24.2 Å². The number of aromatic nitrogens is 4. The van der Waals surface area contributed by atoms with E-state index >= 15 is 0 Å². The minimum atomic E-state index is -0.336. The molecule has 23 heavy (non-hydrogen) atoms. The number of ether oxygens (including phenoxy) is 2. The monoisotopic (exact) mass is 336 g/mol. The van der Waals surface area contributed by atoms with E-state index in [9.17, 15) is 4.79 Å². The number of hydrogen-bond donors (Lipinski definition) is 0. The van der Waals surface area contributed by atoms with Crippen molar-refractivity contribution < 1.29 is 18.7 Å². The van der Waals surface area contributed by atoms with Gasteiger partial charge in [0.15, 0.2) is 0 Å². The number of carbonyl (C=O) groups excluding carboxylic acids is 1. The highest BCUT2D eigenvalue weighted by atomic mass is 32.2. The Labute approximate surface area is 136 Å². The minimum absolute atomic E-state index is 0.0946. The van der Waals surface area contributed by atoms with Crippen LogP contribution in [0.15, 0.2) is 39.3 Å². The third-order valence-electron chi connectivity index (χ3n) is 3.42. The largest absolute Gasteiger partial charge is 0.493 e. The van der Waals surface area contributed by atoms with E-state index in [2.05, 4.69) is 15.5 Å². The van der Waals surface area contributed by atoms with Crippen molar-refractivity contribution in [3.8, 4) is 0 Å². The minimum Gasteiger partial charge on any atom is -0.493 e. The summed E-state index contributed by atoms with van der Waals surface area (Å²) in [6.07, 6.45) is 2.05. The van der Waals surface area contributed by atoms with Crippen molar-refractivity contribution in [3.63, 3.8) is 0 Å². The van der Waals surface area contributed by atoms with Gasteiger partial charge in [-0.1, -0.05) is 11.8 Å². The molecule has 0 amide bonds. The van der Waals surface area contributed by atoms with Crippen LogP contribution in [-0.2, 0) is 20.8 Å². The lowest BCUT2D eigenvalue weighted by molar-refractivity contribution is -0.136. The molecule has 1 aliphatic rings. The van der Waals surface area contributed by atoms with Gasteiger partial charge in [-0.3, -0.25) is 0 Å². The quantitative estimate of drug-likeness (QED) is 0.581. The maximum atomic E-state index is 11.6. The lowest BCUT2D eigenvalue weighted by Gasteiger charge is -2.10. The Morgan fingerprint density at radius 1 is 1.57 bits per heavy atom. The first kappa shape index (κ1) is 15.6. The molecule has 2 aromatic rings. The van der Waals surface area contributed by atoms with Gasteiger partial charge in [-0.15, -0.1) is 5.10 Å². The molecule has 122 valence electrons. The van der Waals surface area contributed by atoms with Crippen LogP contribution >= 0.6 is 11.8 Å². The van der Waals surface area contributed by atoms with Crippen molar-refractivity contribution >= 4 is 17.7 Å². The van der Waals surface area contributed by atoms with E-state index < -0.39 is 0 Å². The number of hydrogen-bond acceptors (Lipinski definition) is 8. The Hall–Kier alpha value is -2.29. The third kappa shape index (κ3) is 3.55. The predicted molar refractivity (Wildman–Crippen MR) is 80.6 cm³/mol. The SMILES string of the molecule is COC(=O)C1=C(C)O[C@@H](CSc2nnnn2Cc2ccco2)C1. The van der Waals surface area contributed by atoms with Crippen LogP contribution in [0.3, 0.4) is 0 Å². The first-order valence-corrected chi connectivity index (χ1v) is 8.02. The van der Waals surface area contributed by atoms with Crippen LogP contribution in [0.2, 0.25) is 0 Å². The second kappa shape index (κ2) is 6.86. The molecule has 1 aliphatic heterocycles. The number of esters is 1. The van der Waals surface area contributed by atoms with Crippen LogP contribution in [-0.4, -0.2) is 45.1 Å². The Morgan fingerprint density at radius 2 is 2.43 bits per heavy atom. The Balaban J connectivity index is 1.56. The van der Waals surface area contributed by atoms with Gasteiger partial charge >= 0.3 is 5.97 Å². The fraction of sp³-hybridized carbons (Fsp3) is 0.429. The molecule has 0 bridgehead atoms. The summed E-state index contributed by atoms with van der Waals surface area (Å²) in [4.78, 5) is 11.6. The maximum Gasteiger partial charge on any atom is 0.337 e. The summed E-state index contributed by atoms with van der Waals surface area (Å²) in [5, 5.41) is 12.3. The van der Waals surface area contributed by atoms with Crippen molar-refractivity contribution in [2.45, 2.75) is 31.1 Å². The highest BCUT2D eigenvalue weighted by Crippen LogP contribution is 2.29. The summed E-state index contributed by atoms with van der Waals surface area (Å²) in [6.45, 7) is 2.25. The molecule has 0 saturated carbocycles. The zero-order chi connectivity index (χ0) is 16.2. The molecule has 0 aromatic carbocycles.